The Bertz CT molecular complexity index is 803. The van der Waals surface area contributed by atoms with E-state index in [0.29, 0.717) is 17.9 Å². The lowest BCUT2D eigenvalue weighted by Gasteiger charge is -2.09. The molecule has 0 saturated carbocycles. The Morgan fingerprint density at radius 1 is 1.19 bits per heavy atom. The molecule has 1 aromatic heterocycles. The van der Waals surface area contributed by atoms with Crippen molar-refractivity contribution in [2.75, 3.05) is 0 Å². The summed E-state index contributed by atoms with van der Waals surface area (Å²) in [6.07, 6.45) is 0.0120. The predicted molar refractivity (Wildman–Crippen MR) is 92.9 cm³/mol. The predicted octanol–water partition coefficient (Wildman–Crippen LogP) is 1.33. The van der Waals surface area contributed by atoms with E-state index < -0.39 is 16.9 Å². The van der Waals surface area contributed by atoms with Crippen LogP contribution in [0.5, 0.6) is 0 Å². The fourth-order valence-electron chi connectivity index (χ4n) is 2.39. The first kappa shape index (κ1) is 18.9. The summed E-state index contributed by atoms with van der Waals surface area (Å²) in [6, 6.07) is 8.80. The van der Waals surface area contributed by atoms with E-state index in [1.165, 1.54) is 4.68 Å². The van der Waals surface area contributed by atoms with Gasteiger partial charge in [-0.3, -0.25) is 25.0 Å². The highest BCUT2D eigenvalue weighted by Gasteiger charge is 2.21. The number of amides is 3. The number of hydrazine groups is 1. The smallest absolute Gasteiger partial charge is 0.333 e. The average molecular weight is 360 g/mol. The van der Waals surface area contributed by atoms with Crippen molar-refractivity contribution >= 4 is 17.6 Å². The Kier molecular flexibility index (Phi) is 6.25. The van der Waals surface area contributed by atoms with Crippen molar-refractivity contribution in [3.8, 4) is 0 Å². The van der Waals surface area contributed by atoms with E-state index in [2.05, 4.69) is 21.3 Å². The Morgan fingerprint density at radius 3 is 2.50 bits per heavy atom. The number of aryl methyl sites for hydroxylation is 2. The van der Waals surface area contributed by atoms with Gasteiger partial charge in [-0.05, 0) is 19.4 Å². The molecule has 3 amide bonds. The van der Waals surface area contributed by atoms with Crippen molar-refractivity contribution in [2.24, 2.45) is 0 Å². The van der Waals surface area contributed by atoms with Crippen molar-refractivity contribution in [3.63, 3.8) is 0 Å². The molecule has 0 atom stereocenters. The van der Waals surface area contributed by atoms with Gasteiger partial charge in [-0.25, -0.2) is 10.2 Å². The van der Waals surface area contributed by atoms with E-state index in [1.54, 1.807) is 13.8 Å². The zero-order valence-electron chi connectivity index (χ0n) is 14.5. The van der Waals surface area contributed by atoms with Crippen LogP contribution in [0.1, 0.15) is 23.4 Å². The van der Waals surface area contributed by atoms with Gasteiger partial charge in [0.05, 0.1) is 11.5 Å². The van der Waals surface area contributed by atoms with Gasteiger partial charge in [-0.2, -0.15) is 5.10 Å². The van der Waals surface area contributed by atoms with Gasteiger partial charge in [0.2, 0.25) is 5.91 Å². The molecule has 0 aliphatic carbocycles. The van der Waals surface area contributed by atoms with Crippen LogP contribution >= 0.6 is 0 Å². The number of hydrogen-bond donors (Lipinski definition) is 3. The van der Waals surface area contributed by atoms with Crippen LogP contribution in [-0.2, 0) is 17.9 Å². The van der Waals surface area contributed by atoms with Crippen LogP contribution in [0.3, 0.4) is 0 Å². The lowest BCUT2D eigenvalue weighted by Crippen LogP contribution is -2.46. The van der Waals surface area contributed by atoms with Gasteiger partial charge in [0.1, 0.15) is 11.4 Å². The maximum atomic E-state index is 11.8. The van der Waals surface area contributed by atoms with Crippen LogP contribution in [-0.4, -0.2) is 26.6 Å². The Morgan fingerprint density at radius 2 is 1.88 bits per heavy atom. The molecule has 0 radical (unpaired) electrons. The third kappa shape index (κ3) is 5.03. The van der Waals surface area contributed by atoms with Crippen LogP contribution in [0.2, 0.25) is 0 Å². The highest BCUT2D eigenvalue weighted by Crippen LogP contribution is 2.21. The molecule has 3 N–H and O–H groups in total. The van der Waals surface area contributed by atoms with Crippen molar-refractivity contribution < 1.29 is 14.5 Å². The summed E-state index contributed by atoms with van der Waals surface area (Å²) in [7, 11) is 0. The van der Waals surface area contributed by atoms with Crippen LogP contribution in [0.15, 0.2) is 30.3 Å². The number of aromatic nitrogens is 2. The zero-order chi connectivity index (χ0) is 19.1. The number of benzene rings is 1. The molecule has 138 valence electrons. The molecule has 2 aromatic rings. The second-order valence-corrected chi connectivity index (χ2v) is 5.59. The standard InChI is InChI=1S/C16H20N6O4/c1-11-15(22(25)26)12(2)21(20-11)9-8-14(23)18-19-16(24)17-10-13-6-4-3-5-7-13/h3-7H,8-10H2,1-2H3,(H,18,23)(H2,17,19,24). The number of nitrogens with zero attached hydrogens (tertiary/aromatic N) is 3. The summed E-state index contributed by atoms with van der Waals surface area (Å²) in [6.45, 7) is 3.61. The minimum absolute atomic E-state index is 0.0120. The number of urea groups is 1. The van der Waals surface area contributed by atoms with Crippen LogP contribution < -0.4 is 16.2 Å². The molecule has 1 heterocycles. The van der Waals surface area contributed by atoms with E-state index in [9.17, 15) is 19.7 Å². The molecule has 0 bridgehead atoms. The highest BCUT2D eigenvalue weighted by molar-refractivity contribution is 5.80. The average Bonchev–Trinajstić information content (AvgIpc) is 2.90. The third-order valence-corrected chi connectivity index (χ3v) is 3.69. The Labute approximate surface area is 149 Å². The van der Waals surface area contributed by atoms with Gasteiger partial charge in [-0.1, -0.05) is 30.3 Å². The van der Waals surface area contributed by atoms with E-state index in [4.69, 9.17) is 0 Å². The van der Waals surface area contributed by atoms with E-state index in [1.807, 2.05) is 30.3 Å². The normalized spacial score (nSPS) is 10.2. The summed E-state index contributed by atoms with van der Waals surface area (Å²) in [5.74, 6) is -0.435. The Balaban J connectivity index is 1.74. The van der Waals surface area contributed by atoms with Gasteiger partial charge in [0.25, 0.3) is 0 Å². The molecular weight excluding hydrogens is 340 g/mol. The first-order valence-corrected chi connectivity index (χ1v) is 7.93. The molecule has 0 fully saturated rings. The first-order valence-electron chi connectivity index (χ1n) is 7.93. The van der Waals surface area contributed by atoms with Gasteiger partial charge in [-0.15, -0.1) is 0 Å². The van der Waals surface area contributed by atoms with Crippen molar-refractivity contribution in [1.29, 1.82) is 0 Å². The lowest BCUT2D eigenvalue weighted by atomic mass is 10.2. The summed E-state index contributed by atoms with van der Waals surface area (Å²) in [5, 5.41) is 17.6. The van der Waals surface area contributed by atoms with Crippen molar-refractivity contribution in [1.82, 2.24) is 25.9 Å². The van der Waals surface area contributed by atoms with Gasteiger partial charge < -0.3 is 5.32 Å². The summed E-state index contributed by atoms with van der Waals surface area (Å²) in [5.41, 5.74) is 6.09. The van der Waals surface area contributed by atoms with E-state index in [0.717, 1.165) is 5.56 Å². The molecule has 26 heavy (non-hydrogen) atoms. The SMILES string of the molecule is Cc1nn(CCC(=O)NNC(=O)NCc2ccccc2)c(C)c1[N+](=O)[O-]. The maximum absolute atomic E-state index is 11.8. The second kappa shape index (κ2) is 8.60. The maximum Gasteiger partial charge on any atom is 0.333 e. The number of nitro groups is 1. The van der Waals surface area contributed by atoms with Gasteiger partial charge >= 0.3 is 11.7 Å². The van der Waals surface area contributed by atoms with Crippen molar-refractivity contribution in [3.05, 3.63) is 57.4 Å². The number of nitrogens with one attached hydrogen (secondary N) is 3. The molecule has 0 unspecified atom stereocenters. The third-order valence-electron chi connectivity index (χ3n) is 3.69. The fraction of sp³-hybridized carbons (Fsp3) is 0.312. The number of carbonyl (C=O) groups excluding carboxylic acids is 2. The molecule has 2 rings (SSSR count). The summed E-state index contributed by atoms with van der Waals surface area (Å²) >= 11 is 0. The molecule has 10 nitrogen and oxygen atoms in total. The Hall–Kier alpha value is -3.43. The molecule has 1 aromatic carbocycles. The van der Waals surface area contributed by atoms with Crippen molar-refractivity contribution in [2.45, 2.75) is 33.4 Å². The van der Waals surface area contributed by atoms with E-state index >= 15 is 0 Å². The van der Waals surface area contributed by atoms with E-state index in [-0.39, 0.29) is 18.7 Å². The second-order valence-electron chi connectivity index (χ2n) is 5.59. The first-order chi connectivity index (χ1) is 12.4. The summed E-state index contributed by atoms with van der Waals surface area (Å²) < 4.78 is 1.41. The van der Waals surface area contributed by atoms with Crippen LogP contribution in [0.25, 0.3) is 0 Å². The molecule has 10 heteroatoms. The minimum Gasteiger partial charge on any atom is -0.333 e. The minimum atomic E-state index is -0.538. The fourth-order valence-corrected chi connectivity index (χ4v) is 2.39. The quantitative estimate of drug-likeness (QED) is 0.528. The topological polar surface area (TPSA) is 131 Å². The number of carbonyl (C=O) groups is 2. The lowest BCUT2D eigenvalue weighted by molar-refractivity contribution is -0.386. The summed E-state index contributed by atoms with van der Waals surface area (Å²) in [4.78, 5) is 33.9. The van der Waals surface area contributed by atoms with Crippen LogP contribution in [0.4, 0.5) is 10.5 Å². The molecular formula is C16H20N6O4. The largest absolute Gasteiger partial charge is 0.333 e. The number of hydrogen-bond acceptors (Lipinski definition) is 5. The van der Waals surface area contributed by atoms with Crippen LogP contribution in [0, 0.1) is 24.0 Å². The van der Waals surface area contributed by atoms with Gasteiger partial charge in [0.15, 0.2) is 0 Å². The zero-order valence-corrected chi connectivity index (χ0v) is 14.5. The molecule has 0 aliphatic rings. The van der Waals surface area contributed by atoms with Gasteiger partial charge in [0, 0.05) is 13.0 Å². The highest BCUT2D eigenvalue weighted by atomic mass is 16.6. The number of rotatable bonds is 6. The molecule has 0 spiro atoms. The monoisotopic (exact) mass is 360 g/mol. The molecule has 0 saturated heterocycles. The molecule has 0 aliphatic heterocycles.